The molecule has 4 heteroatoms. The fourth-order valence-corrected chi connectivity index (χ4v) is 2.95. The molecule has 0 bridgehead atoms. The van der Waals surface area contributed by atoms with Crippen LogP contribution in [0.5, 0.6) is 0 Å². The highest BCUT2D eigenvalue weighted by molar-refractivity contribution is 5.91. The Morgan fingerprint density at radius 1 is 1.09 bits per heavy atom. The monoisotopic (exact) mass is 290 g/mol. The van der Waals surface area contributed by atoms with Crippen LogP contribution < -0.4 is 4.90 Å². The Kier molecular flexibility index (Phi) is 3.15. The molecular formula is C18H18N4. The van der Waals surface area contributed by atoms with Gasteiger partial charge >= 0.3 is 0 Å². The summed E-state index contributed by atoms with van der Waals surface area (Å²) in [7, 11) is 0. The molecule has 3 aromatic rings. The summed E-state index contributed by atoms with van der Waals surface area (Å²) in [6, 6.07) is 12.5. The van der Waals surface area contributed by atoms with Crippen molar-refractivity contribution in [3.05, 3.63) is 54.4 Å². The van der Waals surface area contributed by atoms with Gasteiger partial charge in [0.1, 0.15) is 11.3 Å². The number of nitrogens with zero attached hydrogens (tertiary/aromatic N) is 3. The highest BCUT2D eigenvalue weighted by Gasteiger charge is 2.16. The number of aryl methyl sites for hydroxylation is 1. The van der Waals surface area contributed by atoms with Crippen LogP contribution in [0.4, 0.5) is 5.82 Å². The van der Waals surface area contributed by atoms with Gasteiger partial charge in [-0.1, -0.05) is 42.5 Å². The van der Waals surface area contributed by atoms with Crippen LogP contribution in [0.25, 0.3) is 22.3 Å². The predicted molar refractivity (Wildman–Crippen MR) is 90.0 cm³/mol. The molecule has 0 amide bonds. The Bertz CT molecular complexity index is 833. The molecule has 1 aromatic carbocycles. The van der Waals surface area contributed by atoms with Crippen molar-refractivity contribution in [2.45, 2.75) is 13.3 Å². The molecule has 22 heavy (non-hydrogen) atoms. The molecule has 0 unspecified atom stereocenters. The normalized spacial score (nSPS) is 14.7. The van der Waals surface area contributed by atoms with Gasteiger partial charge in [0.15, 0.2) is 5.82 Å². The molecule has 1 aliphatic rings. The molecule has 4 nitrogen and oxygen atoms in total. The third kappa shape index (κ3) is 2.26. The van der Waals surface area contributed by atoms with E-state index in [1.165, 1.54) is 5.56 Å². The summed E-state index contributed by atoms with van der Waals surface area (Å²) >= 11 is 0. The van der Waals surface area contributed by atoms with Gasteiger partial charge in [-0.3, -0.25) is 0 Å². The second kappa shape index (κ2) is 5.30. The van der Waals surface area contributed by atoms with Gasteiger partial charge in [0.2, 0.25) is 0 Å². The fourth-order valence-electron chi connectivity index (χ4n) is 2.95. The standard InChI is InChI=1S/C18H18N4/c1-13-19-16-12-15(14-8-4-2-5-9-14)21-17(16)18(20-13)22-10-6-3-7-11-22/h2-6,8-9,12,21H,7,10-11H2,1H3. The first-order chi connectivity index (χ1) is 10.8. The van der Waals surface area contributed by atoms with E-state index in [9.17, 15) is 0 Å². The Morgan fingerprint density at radius 3 is 2.73 bits per heavy atom. The van der Waals surface area contributed by atoms with Crippen molar-refractivity contribution in [2.75, 3.05) is 18.0 Å². The topological polar surface area (TPSA) is 44.8 Å². The van der Waals surface area contributed by atoms with E-state index in [1.807, 2.05) is 25.1 Å². The van der Waals surface area contributed by atoms with E-state index < -0.39 is 0 Å². The van der Waals surface area contributed by atoms with Gasteiger partial charge in [0, 0.05) is 18.8 Å². The number of aromatic nitrogens is 3. The van der Waals surface area contributed by atoms with Crippen molar-refractivity contribution in [1.82, 2.24) is 15.0 Å². The molecule has 0 saturated heterocycles. The molecule has 4 rings (SSSR count). The summed E-state index contributed by atoms with van der Waals surface area (Å²) in [6.07, 6.45) is 5.50. The van der Waals surface area contributed by atoms with Gasteiger partial charge in [0.25, 0.3) is 0 Å². The molecule has 110 valence electrons. The van der Waals surface area contributed by atoms with Gasteiger partial charge in [-0.25, -0.2) is 9.97 Å². The number of hydrogen-bond acceptors (Lipinski definition) is 3. The van der Waals surface area contributed by atoms with Crippen molar-refractivity contribution < 1.29 is 0 Å². The molecule has 0 saturated carbocycles. The summed E-state index contributed by atoms with van der Waals surface area (Å²) in [5.41, 5.74) is 4.27. The Balaban J connectivity index is 1.86. The third-order valence-corrected chi connectivity index (χ3v) is 4.01. The number of H-pyrrole nitrogens is 1. The van der Waals surface area contributed by atoms with Crippen LogP contribution in [0, 0.1) is 6.92 Å². The lowest BCUT2D eigenvalue weighted by Crippen LogP contribution is -2.28. The summed E-state index contributed by atoms with van der Waals surface area (Å²) in [5, 5.41) is 0. The largest absolute Gasteiger partial charge is 0.351 e. The molecule has 0 fully saturated rings. The lowest BCUT2D eigenvalue weighted by atomic mass is 10.2. The van der Waals surface area contributed by atoms with E-state index in [1.54, 1.807) is 0 Å². The number of benzene rings is 1. The van der Waals surface area contributed by atoms with Gasteiger partial charge in [-0.05, 0) is 25.0 Å². The second-order valence-electron chi connectivity index (χ2n) is 5.61. The minimum atomic E-state index is 0.815. The number of rotatable bonds is 2. The first kappa shape index (κ1) is 13.1. The van der Waals surface area contributed by atoms with E-state index in [4.69, 9.17) is 0 Å². The smallest absolute Gasteiger partial charge is 0.157 e. The molecule has 0 spiro atoms. The van der Waals surface area contributed by atoms with Crippen molar-refractivity contribution in [1.29, 1.82) is 0 Å². The van der Waals surface area contributed by atoms with Crippen molar-refractivity contribution in [2.24, 2.45) is 0 Å². The Hall–Kier alpha value is -2.62. The van der Waals surface area contributed by atoms with Crippen LogP contribution in [0.3, 0.4) is 0 Å². The maximum atomic E-state index is 4.68. The molecule has 1 aliphatic heterocycles. The summed E-state index contributed by atoms with van der Waals surface area (Å²) in [4.78, 5) is 15.1. The fraction of sp³-hybridized carbons (Fsp3) is 0.222. The van der Waals surface area contributed by atoms with E-state index in [0.29, 0.717) is 0 Å². The highest BCUT2D eigenvalue weighted by atomic mass is 15.2. The van der Waals surface area contributed by atoms with Crippen LogP contribution in [0.2, 0.25) is 0 Å². The quantitative estimate of drug-likeness (QED) is 0.732. The van der Waals surface area contributed by atoms with E-state index >= 15 is 0 Å². The molecule has 0 aliphatic carbocycles. The van der Waals surface area contributed by atoms with E-state index in [2.05, 4.69) is 50.2 Å². The van der Waals surface area contributed by atoms with E-state index in [-0.39, 0.29) is 0 Å². The minimum Gasteiger partial charge on any atom is -0.351 e. The first-order valence-corrected chi connectivity index (χ1v) is 7.64. The average molecular weight is 290 g/mol. The number of fused-ring (bicyclic) bond motifs is 1. The lowest BCUT2D eigenvalue weighted by Gasteiger charge is -2.25. The van der Waals surface area contributed by atoms with Gasteiger partial charge < -0.3 is 9.88 Å². The minimum absolute atomic E-state index is 0.815. The Morgan fingerprint density at radius 2 is 1.95 bits per heavy atom. The average Bonchev–Trinajstić information content (AvgIpc) is 2.99. The zero-order valence-corrected chi connectivity index (χ0v) is 12.6. The predicted octanol–water partition coefficient (Wildman–Crippen LogP) is 3.70. The molecule has 2 aromatic heterocycles. The van der Waals surface area contributed by atoms with E-state index in [0.717, 1.165) is 47.9 Å². The summed E-state index contributed by atoms with van der Waals surface area (Å²) in [5.74, 6) is 1.82. The van der Waals surface area contributed by atoms with Crippen molar-refractivity contribution >= 4 is 16.9 Å². The second-order valence-corrected chi connectivity index (χ2v) is 5.61. The van der Waals surface area contributed by atoms with Crippen LogP contribution in [0.1, 0.15) is 12.2 Å². The van der Waals surface area contributed by atoms with Crippen LogP contribution in [-0.2, 0) is 0 Å². The number of anilines is 1. The maximum absolute atomic E-state index is 4.68. The number of aromatic amines is 1. The third-order valence-electron chi connectivity index (χ3n) is 4.01. The van der Waals surface area contributed by atoms with Gasteiger partial charge in [-0.15, -0.1) is 0 Å². The van der Waals surface area contributed by atoms with Crippen LogP contribution in [-0.4, -0.2) is 28.0 Å². The summed E-state index contributed by atoms with van der Waals surface area (Å²) in [6.45, 7) is 3.87. The zero-order chi connectivity index (χ0) is 14.9. The molecule has 3 heterocycles. The lowest BCUT2D eigenvalue weighted by molar-refractivity contribution is 0.803. The maximum Gasteiger partial charge on any atom is 0.157 e. The summed E-state index contributed by atoms with van der Waals surface area (Å²) < 4.78 is 0. The molecular weight excluding hydrogens is 272 g/mol. The molecule has 0 atom stereocenters. The Labute approximate surface area is 129 Å². The number of hydrogen-bond donors (Lipinski definition) is 1. The first-order valence-electron chi connectivity index (χ1n) is 7.64. The van der Waals surface area contributed by atoms with Crippen LogP contribution >= 0.6 is 0 Å². The van der Waals surface area contributed by atoms with Crippen molar-refractivity contribution in [3.63, 3.8) is 0 Å². The number of nitrogens with one attached hydrogen (secondary N) is 1. The highest BCUT2D eigenvalue weighted by Crippen LogP contribution is 2.29. The van der Waals surface area contributed by atoms with Gasteiger partial charge in [-0.2, -0.15) is 0 Å². The molecule has 0 radical (unpaired) electrons. The molecule has 1 N–H and O–H groups in total. The zero-order valence-electron chi connectivity index (χ0n) is 12.6. The van der Waals surface area contributed by atoms with Gasteiger partial charge in [0.05, 0.1) is 5.52 Å². The SMILES string of the molecule is Cc1nc(N2CC=CCC2)c2[nH]c(-c3ccccc3)cc2n1. The van der Waals surface area contributed by atoms with Crippen molar-refractivity contribution in [3.8, 4) is 11.3 Å². The van der Waals surface area contributed by atoms with Crippen LogP contribution in [0.15, 0.2) is 48.6 Å².